The van der Waals surface area contributed by atoms with Gasteiger partial charge >= 0.3 is 0 Å². The lowest BCUT2D eigenvalue weighted by molar-refractivity contribution is -0.385. The van der Waals surface area contributed by atoms with Gasteiger partial charge in [0, 0.05) is 12.1 Å². The van der Waals surface area contributed by atoms with E-state index in [1.165, 1.54) is 26.0 Å². The number of aryl methyl sites for hydroxylation is 1. The molecule has 1 rings (SSSR count). The fraction of sp³-hybridized carbons (Fsp3) is 0.333. The third kappa shape index (κ3) is 3.53. The zero-order valence-electron chi connectivity index (χ0n) is 10.8. The number of benzene rings is 1. The van der Waals surface area contributed by atoms with Crippen LogP contribution in [0.4, 0.5) is 5.69 Å². The summed E-state index contributed by atoms with van der Waals surface area (Å²) in [5.74, 6) is 2.30. The Morgan fingerprint density at radius 2 is 2.00 bits per heavy atom. The molecule has 19 heavy (non-hydrogen) atoms. The summed E-state index contributed by atoms with van der Waals surface area (Å²) in [7, 11) is -3.91. The highest BCUT2D eigenvalue weighted by Gasteiger charge is 2.26. The molecule has 0 fully saturated rings. The predicted octanol–water partition coefficient (Wildman–Crippen LogP) is 1.59. The first-order chi connectivity index (χ1) is 8.59. The van der Waals surface area contributed by atoms with E-state index in [1.807, 2.05) is 0 Å². The predicted molar refractivity (Wildman–Crippen MR) is 71.1 cm³/mol. The van der Waals surface area contributed by atoms with E-state index in [4.69, 9.17) is 6.42 Å². The Kier molecular flexibility index (Phi) is 3.98. The van der Waals surface area contributed by atoms with Crippen LogP contribution in [-0.4, -0.2) is 18.9 Å². The second-order valence-electron chi connectivity index (χ2n) is 4.58. The molecule has 0 heterocycles. The number of hydrogen-bond donors (Lipinski definition) is 1. The average Bonchev–Trinajstić information content (AvgIpc) is 2.27. The van der Waals surface area contributed by atoms with Gasteiger partial charge in [-0.15, -0.1) is 6.42 Å². The number of nitro benzene ring substituents is 1. The molecule has 0 unspecified atom stereocenters. The lowest BCUT2D eigenvalue weighted by atomic mass is 10.1. The minimum absolute atomic E-state index is 0.148. The second-order valence-corrected chi connectivity index (χ2v) is 6.23. The van der Waals surface area contributed by atoms with Crippen LogP contribution in [0.2, 0.25) is 0 Å². The van der Waals surface area contributed by atoms with Crippen LogP contribution in [0.1, 0.15) is 19.4 Å². The molecule has 0 saturated carbocycles. The maximum Gasteiger partial charge on any atom is 0.270 e. The molecule has 0 spiro atoms. The van der Waals surface area contributed by atoms with Crippen molar-refractivity contribution in [2.75, 3.05) is 0 Å². The minimum atomic E-state index is -3.91. The van der Waals surface area contributed by atoms with Crippen molar-refractivity contribution in [3.8, 4) is 12.3 Å². The van der Waals surface area contributed by atoms with Crippen molar-refractivity contribution < 1.29 is 13.3 Å². The van der Waals surface area contributed by atoms with E-state index >= 15 is 0 Å². The molecule has 0 bridgehead atoms. The van der Waals surface area contributed by atoms with E-state index in [2.05, 4.69) is 10.6 Å². The summed E-state index contributed by atoms with van der Waals surface area (Å²) in [6.45, 7) is 4.61. The normalized spacial score (nSPS) is 11.9. The summed E-state index contributed by atoms with van der Waals surface area (Å²) in [5.41, 5.74) is -0.953. The van der Waals surface area contributed by atoms with Crippen LogP contribution in [-0.2, 0) is 10.0 Å². The van der Waals surface area contributed by atoms with Gasteiger partial charge in [0.2, 0.25) is 10.0 Å². The third-order valence-electron chi connectivity index (χ3n) is 2.42. The highest BCUT2D eigenvalue weighted by atomic mass is 32.2. The van der Waals surface area contributed by atoms with E-state index in [0.717, 1.165) is 6.07 Å². The van der Waals surface area contributed by atoms with Gasteiger partial charge in [-0.25, -0.2) is 8.42 Å². The number of rotatable bonds is 4. The molecule has 1 aromatic carbocycles. The van der Waals surface area contributed by atoms with Gasteiger partial charge in [0.05, 0.1) is 15.4 Å². The third-order valence-corrected chi connectivity index (χ3v) is 4.22. The Labute approximate surface area is 112 Å². The quantitative estimate of drug-likeness (QED) is 0.516. The topological polar surface area (TPSA) is 89.3 Å². The molecule has 1 aromatic rings. The Hall–Kier alpha value is -1.91. The smallest absolute Gasteiger partial charge is 0.258 e. The van der Waals surface area contributed by atoms with E-state index < -0.39 is 20.5 Å². The van der Waals surface area contributed by atoms with Crippen LogP contribution in [0.25, 0.3) is 0 Å². The van der Waals surface area contributed by atoms with E-state index in [9.17, 15) is 18.5 Å². The number of nitrogens with one attached hydrogen (secondary N) is 1. The number of terminal acetylenes is 1. The molecule has 0 atom stereocenters. The summed E-state index contributed by atoms with van der Waals surface area (Å²) in [6.07, 6.45) is 5.22. The summed E-state index contributed by atoms with van der Waals surface area (Å²) < 4.78 is 26.7. The van der Waals surface area contributed by atoms with E-state index in [-0.39, 0.29) is 10.6 Å². The van der Waals surface area contributed by atoms with Gasteiger partial charge in [-0.2, -0.15) is 4.72 Å². The number of non-ortho nitro benzene ring substituents is 1. The lowest BCUT2D eigenvalue weighted by Crippen LogP contribution is -2.42. The molecule has 0 aromatic heterocycles. The summed E-state index contributed by atoms with van der Waals surface area (Å²) in [4.78, 5) is 9.89. The van der Waals surface area contributed by atoms with E-state index in [0.29, 0.717) is 5.56 Å². The van der Waals surface area contributed by atoms with Crippen molar-refractivity contribution in [3.63, 3.8) is 0 Å². The summed E-state index contributed by atoms with van der Waals surface area (Å²) in [5, 5.41) is 10.7. The molecular formula is C12H14N2O4S. The first kappa shape index (κ1) is 15.1. The highest BCUT2D eigenvalue weighted by molar-refractivity contribution is 7.89. The molecular weight excluding hydrogens is 268 g/mol. The standard InChI is InChI=1S/C12H14N2O4S/c1-5-12(3,4)13-19(17,18)11-8-10(14(15)16)7-6-9(11)2/h1,6-8,13H,2-4H3. The molecule has 0 amide bonds. The maximum absolute atomic E-state index is 12.2. The van der Waals surface area contributed by atoms with Gasteiger partial charge in [-0.1, -0.05) is 12.0 Å². The van der Waals surface area contributed by atoms with Crippen LogP contribution in [0, 0.1) is 29.4 Å². The van der Waals surface area contributed by atoms with Gasteiger partial charge in [-0.05, 0) is 26.3 Å². The first-order valence-electron chi connectivity index (χ1n) is 5.36. The van der Waals surface area contributed by atoms with Crippen molar-refractivity contribution in [3.05, 3.63) is 33.9 Å². The number of nitrogens with zero attached hydrogens (tertiary/aromatic N) is 1. The fourth-order valence-electron chi connectivity index (χ4n) is 1.41. The first-order valence-corrected chi connectivity index (χ1v) is 6.84. The molecule has 0 radical (unpaired) electrons. The largest absolute Gasteiger partial charge is 0.270 e. The number of hydrogen-bond acceptors (Lipinski definition) is 4. The van der Waals surface area contributed by atoms with Crippen molar-refractivity contribution in [1.82, 2.24) is 4.72 Å². The Morgan fingerprint density at radius 3 is 2.47 bits per heavy atom. The maximum atomic E-state index is 12.2. The van der Waals surface area contributed by atoms with Crippen LogP contribution in [0.15, 0.2) is 23.1 Å². The van der Waals surface area contributed by atoms with Gasteiger partial charge in [0.1, 0.15) is 0 Å². The van der Waals surface area contributed by atoms with Gasteiger partial charge in [0.15, 0.2) is 0 Å². The van der Waals surface area contributed by atoms with Gasteiger partial charge < -0.3 is 0 Å². The summed E-state index contributed by atoms with van der Waals surface area (Å²) >= 11 is 0. The monoisotopic (exact) mass is 282 g/mol. The van der Waals surface area contributed by atoms with Crippen LogP contribution in [0.3, 0.4) is 0 Å². The van der Waals surface area contributed by atoms with Crippen molar-refractivity contribution in [2.45, 2.75) is 31.2 Å². The minimum Gasteiger partial charge on any atom is -0.258 e. The average molecular weight is 282 g/mol. The van der Waals surface area contributed by atoms with Crippen LogP contribution in [0.5, 0.6) is 0 Å². The SMILES string of the molecule is C#CC(C)(C)NS(=O)(=O)c1cc([N+](=O)[O-])ccc1C. The van der Waals surface area contributed by atoms with Gasteiger partial charge in [-0.3, -0.25) is 10.1 Å². The fourth-order valence-corrected chi connectivity index (χ4v) is 3.02. The van der Waals surface area contributed by atoms with Crippen molar-refractivity contribution in [1.29, 1.82) is 0 Å². The molecule has 0 saturated heterocycles. The Morgan fingerprint density at radius 1 is 1.42 bits per heavy atom. The van der Waals surface area contributed by atoms with Crippen LogP contribution >= 0.6 is 0 Å². The lowest BCUT2D eigenvalue weighted by Gasteiger charge is -2.20. The number of sulfonamides is 1. The molecule has 0 aliphatic rings. The van der Waals surface area contributed by atoms with Gasteiger partial charge in [0.25, 0.3) is 5.69 Å². The molecule has 102 valence electrons. The zero-order valence-corrected chi connectivity index (χ0v) is 11.6. The molecule has 0 aliphatic heterocycles. The summed E-state index contributed by atoms with van der Waals surface area (Å²) in [6, 6.07) is 3.65. The Bertz CT molecular complexity index is 657. The molecule has 6 nitrogen and oxygen atoms in total. The molecule has 0 aliphatic carbocycles. The zero-order chi connectivity index (χ0) is 14.8. The van der Waals surface area contributed by atoms with Crippen molar-refractivity contribution >= 4 is 15.7 Å². The molecule has 1 N–H and O–H groups in total. The highest BCUT2D eigenvalue weighted by Crippen LogP contribution is 2.22. The Balaban J connectivity index is 3.33. The second kappa shape index (κ2) is 4.99. The van der Waals surface area contributed by atoms with Crippen molar-refractivity contribution in [2.24, 2.45) is 0 Å². The van der Waals surface area contributed by atoms with E-state index in [1.54, 1.807) is 6.92 Å². The van der Waals surface area contributed by atoms with Crippen LogP contribution < -0.4 is 4.72 Å². The molecule has 7 heteroatoms. The number of nitro groups is 1.